The summed E-state index contributed by atoms with van der Waals surface area (Å²) in [5.41, 5.74) is 3.48. The predicted octanol–water partition coefficient (Wildman–Crippen LogP) is 4.19. The summed E-state index contributed by atoms with van der Waals surface area (Å²) in [5, 5.41) is 4.51. The maximum atomic E-state index is 13.2. The molecule has 0 saturated heterocycles. The topological polar surface area (TPSA) is 24.9 Å². The first-order valence-corrected chi connectivity index (χ1v) is 7.49. The lowest BCUT2D eigenvalue weighted by atomic mass is 9.98. The highest BCUT2D eigenvalue weighted by Crippen LogP contribution is 2.35. The van der Waals surface area contributed by atoms with E-state index in [-0.39, 0.29) is 5.82 Å². The monoisotopic (exact) mass is 284 g/mol. The number of aromatic nitrogens is 1. The molecule has 0 amide bonds. The van der Waals surface area contributed by atoms with Crippen LogP contribution in [0.2, 0.25) is 0 Å². The Hall–Kier alpha value is -1.94. The zero-order chi connectivity index (χ0) is 13.5. The molecule has 0 bridgehead atoms. The Kier molecular flexibility index (Phi) is 2.70. The molecule has 1 aromatic heterocycles. The van der Waals surface area contributed by atoms with Crippen LogP contribution in [-0.4, -0.2) is 11.5 Å². The number of fused-ring (bicyclic) bond motifs is 2. The van der Waals surface area contributed by atoms with E-state index in [0.29, 0.717) is 5.92 Å². The van der Waals surface area contributed by atoms with Gasteiger partial charge in [0.2, 0.25) is 0 Å². The summed E-state index contributed by atoms with van der Waals surface area (Å²) in [7, 11) is 0. The summed E-state index contributed by atoms with van der Waals surface area (Å²) in [6.45, 7) is 0.948. The Morgan fingerprint density at radius 1 is 1.25 bits per heavy atom. The third kappa shape index (κ3) is 1.96. The largest absolute Gasteiger partial charge is 0.384 e. The zero-order valence-electron chi connectivity index (χ0n) is 10.8. The van der Waals surface area contributed by atoms with Crippen molar-refractivity contribution in [2.24, 2.45) is 0 Å². The van der Waals surface area contributed by atoms with E-state index in [4.69, 9.17) is 0 Å². The van der Waals surface area contributed by atoms with Crippen LogP contribution in [0.1, 0.15) is 16.5 Å². The van der Waals surface area contributed by atoms with E-state index in [2.05, 4.69) is 34.6 Å². The third-order valence-corrected chi connectivity index (χ3v) is 4.80. The van der Waals surface area contributed by atoms with Gasteiger partial charge in [-0.15, -0.1) is 11.3 Å². The lowest BCUT2D eigenvalue weighted by molar-refractivity contribution is 0.630. The minimum Gasteiger partial charge on any atom is -0.384 e. The van der Waals surface area contributed by atoms with Crippen LogP contribution in [0.25, 0.3) is 10.2 Å². The second-order valence-corrected chi connectivity index (χ2v) is 6.20. The zero-order valence-corrected chi connectivity index (χ0v) is 11.6. The molecule has 0 spiro atoms. The number of halogens is 1. The van der Waals surface area contributed by atoms with E-state index in [9.17, 15) is 4.39 Å². The molecule has 2 aromatic carbocycles. The van der Waals surface area contributed by atoms with Crippen LogP contribution in [0.4, 0.5) is 10.1 Å². The summed E-state index contributed by atoms with van der Waals surface area (Å²) in [5.74, 6) is 0.261. The number of nitrogens with zero attached hydrogens (tertiary/aromatic N) is 1. The van der Waals surface area contributed by atoms with Gasteiger partial charge in [0.25, 0.3) is 0 Å². The van der Waals surface area contributed by atoms with Crippen molar-refractivity contribution in [3.8, 4) is 0 Å². The van der Waals surface area contributed by atoms with Gasteiger partial charge in [-0.1, -0.05) is 18.2 Å². The minimum absolute atomic E-state index is 0.194. The quantitative estimate of drug-likeness (QED) is 0.763. The average molecular weight is 284 g/mol. The van der Waals surface area contributed by atoms with Crippen LogP contribution in [0.5, 0.6) is 0 Å². The molecule has 20 heavy (non-hydrogen) atoms. The van der Waals surface area contributed by atoms with Crippen LogP contribution < -0.4 is 5.32 Å². The van der Waals surface area contributed by atoms with E-state index in [1.54, 1.807) is 23.5 Å². The van der Waals surface area contributed by atoms with Gasteiger partial charge in [0.1, 0.15) is 5.82 Å². The van der Waals surface area contributed by atoms with Gasteiger partial charge in [-0.3, -0.25) is 0 Å². The molecule has 1 aliphatic rings. The normalized spacial score (nSPS) is 17.1. The summed E-state index contributed by atoms with van der Waals surface area (Å²) in [6.07, 6.45) is 0.908. The standard InChI is InChI=1S/C16H13FN2S/c17-11-5-6-14-15(8-11)20-16(19-14)7-10-9-18-13-4-2-1-3-12(10)13/h1-6,8,10,18H,7,9H2. The molecule has 100 valence electrons. The first-order chi connectivity index (χ1) is 9.79. The second-order valence-electron chi connectivity index (χ2n) is 5.09. The highest BCUT2D eigenvalue weighted by atomic mass is 32.1. The van der Waals surface area contributed by atoms with E-state index in [1.165, 1.54) is 17.3 Å². The number of hydrogen-bond donors (Lipinski definition) is 1. The van der Waals surface area contributed by atoms with E-state index in [1.807, 2.05) is 0 Å². The highest BCUT2D eigenvalue weighted by Gasteiger charge is 2.23. The van der Waals surface area contributed by atoms with Crippen molar-refractivity contribution >= 4 is 27.2 Å². The average Bonchev–Trinajstić information content (AvgIpc) is 3.03. The van der Waals surface area contributed by atoms with E-state index in [0.717, 1.165) is 28.2 Å². The molecule has 1 atom stereocenters. The van der Waals surface area contributed by atoms with Crippen LogP contribution in [0.3, 0.4) is 0 Å². The van der Waals surface area contributed by atoms with Crippen molar-refractivity contribution < 1.29 is 4.39 Å². The second kappa shape index (κ2) is 4.56. The van der Waals surface area contributed by atoms with Gasteiger partial charge in [0.05, 0.1) is 15.2 Å². The molecule has 0 fully saturated rings. The Labute approximate surface area is 120 Å². The SMILES string of the molecule is Fc1ccc2nc(CC3CNc4ccccc43)sc2c1. The first-order valence-electron chi connectivity index (χ1n) is 6.67. The Bertz CT molecular complexity index is 781. The fraction of sp³-hybridized carbons (Fsp3) is 0.188. The first kappa shape index (κ1) is 11.9. The maximum Gasteiger partial charge on any atom is 0.124 e. The van der Waals surface area contributed by atoms with Crippen LogP contribution in [0.15, 0.2) is 42.5 Å². The fourth-order valence-electron chi connectivity index (χ4n) is 2.78. The lowest BCUT2D eigenvalue weighted by Crippen LogP contribution is -2.05. The van der Waals surface area contributed by atoms with Crippen molar-refractivity contribution in [2.75, 3.05) is 11.9 Å². The van der Waals surface area contributed by atoms with Gasteiger partial charge in [0, 0.05) is 24.6 Å². The smallest absolute Gasteiger partial charge is 0.124 e. The molecule has 1 unspecified atom stereocenters. The predicted molar refractivity (Wildman–Crippen MR) is 81.0 cm³/mol. The number of nitrogens with one attached hydrogen (secondary N) is 1. The summed E-state index contributed by atoms with van der Waals surface area (Å²) >= 11 is 1.59. The number of benzene rings is 2. The maximum absolute atomic E-state index is 13.2. The molecule has 2 nitrogen and oxygen atoms in total. The van der Waals surface area contributed by atoms with Gasteiger partial charge < -0.3 is 5.32 Å². The molecular weight excluding hydrogens is 271 g/mol. The molecule has 0 saturated carbocycles. The molecule has 0 aliphatic carbocycles. The summed E-state index contributed by atoms with van der Waals surface area (Å²) in [4.78, 5) is 4.61. The third-order valence-electron chi connectivity index (χ3n) is 3.76. The van der Waals surface area contributed by atoms with Crippen molar-refractivity contribution in [3.05, 3.63) is 58.9 Å². The molecule has 4 rings (SSSR count). The molecule has 4 heteroatoms. The summed E-state index contributed by atoms with van der Waals surface area (Å²) < 4.78 is 14.1. The van der Waals surface area contributed by atoms with Gasteiger partial charge in [-0.05, 0) is 29.8 Å². The number of anilines is 1. The van der Waals surface area contributed by atoms with Crippen LogP contribution in [0, 0.1) is 5.82 Å². The van der Waals surface area contributed by atoms with E-state index < -0.39 is 0 Å². The van der Waals surface area contributed by atoms with Crippen molar-refractivity contribution in [2.45, 2.75) is 12.3 Å². The van der Waals surface area contributed by atoms with Crippen LogP contribution >= 0.6 is 11.3 Å². The number of hydrogen-bond acceptors (Lipinski definition) is 3. The molecule has 1 aliphatic heterocycles. The Morgan fingerprint density at radius 2 is 2.15 bits per heavy atom. The fourth-order valence-corrected chi connectivity index (χ4v) is 3.86. The lowest BCUT2D eigenvalue weighted by Gasteiger charge is -2.07. The number of para-hydroxylation sites is 1. The van der Waals surface area contributed by atoms with Gasteiger partial charge in [-0.2, -0.15) is 0 Å². The van der Waals surface area contributed by atoms with Gasteiger partial charge >= 0.3 is 0 Å². The highest BCUT2D eigenvalue weighted by molar-refractivity contribution is 7.18. The van der Waals surface area contributed by atoms with Gasteiger partial charge in [0.15, 0.2) is 0 Å². The summed E-state index contributed by atoms with van der Waals surface area (Å²) in [6, 6.07) is 13.2. The minimum atomic E-state index is -0.194. The van der Waals surface area contributed by atoms with Gasteiger partial charge in [-0.25, -0.2) is 9.37 Å². The van der Waals surface area contributed by atoms with E-state index >= 15 is 0 Å². The molecule has 0 radical (unpaired) electrons. The van der Waals surface area contributed by atoms with Crippen LogP contribution in [-0.2, 0) is 6.42 Å². The number of rotatable bonds is 2. The molecule has 3 aromatic rings. The van der Waals surface area contributed by atoms with Crippen molar-refractivity contribution in [1.29, 1.82) is 0 Å². The molecule has 1 N–H and O–H groups in total. The molecule has 2 heterocycles. The van der Waals surface area contributed by atoms with Crippen molar-refractivity contribution in [1.82, 2.24) is 4.98 Å². The van der Waals surface area contributed by atoms with Crippen molar-refractivity contribution in [3.63, 3.8) is 0 Å². The molecular formula is C16H13FN2S. The Morgan fingerprint density at radius 3 is 3.10 bits per heavy atom. The number of thiazole rings is 1. The Balaban J connectivity index is 1.65.